The van der Waals surface area contributed by atoms with Crippen LogP contribution in [0.15, 0.2) is 0 Å². The van der Waals surface area contributed by atoms with Crippen molar-refractivity contribution in [1.29, 1.82) is 0 Å². The Morgan fingerprint density at radius 2 is 1.76 bits per heavy atom. The number of piperidine rings is 1. The normalized spacial score (nSPS) is 33.5. The maximum absolute atomic E-state index is 11.7. The predicted octanol–water partition coefficient (Wildman–Crippen LogP) is 2.14. The van der Waals surface area contributed by atoms with Gasteiger partial charge in [0.25, 0.3) is 0 Å². The van der Waals surface area contributed by atoms with Gasteiger partial charge >= 0.3 is 6.09 Å². The summed E-state index contributed by atoms with van der Waals surface area (Å²) in [7, 11) is 2.20. The zero-order valence-electron chi connectivity index (χ0n) is 11.3. The van der Waals surface area contributed by atoms with E-state index in [9.17, 15) is 4.79 Å². The van der Waals surface area contributed by atoms with E-state index in [2.05, 4.69) is 17.3 Å². The molecule has 2 heterocycles. The van der Waals surface area contributed by atoms with E-state index in [1.165, 1.54) is 12.8 Å². The first-order chi connectivity index (χ1) is 7.85. The summed E-state index contributed by atoms with van der Waals surface area (Å²) in [5.74, 6) is 0. The van der Waals surface area contributed by atoms with Gasteiger partial charge in [-0.1, -0.05) is 0 Å². The summed E-state index contributed by atoms with van der Waals surface area (Å²) in [6.07, 6.45) is 4.39. The fourth-order valence-electron chi connectivity index (χ4n) is 3.00. The molecule has 4 nitrogen and oxygen atoms in total. The van der Waals surface area contributed by atoms with Crippen molar-refractivity contribution in [3.63, 3.8) is 0 Å². The van der Waals surface area contributed by atoms with E-state index >= 15 is 0 Å². The molecule has 2 rings (SSSR count). The van der Waals surface area contributed by atoms with Gasteiger partial charge in [-0.15, -0.1) is 0 Å². The molecule has 1 N–H and O–H groups in total. The van der Waals surface area contributed by atoms with Crippen LogP contribution in [0, 0.1) is 0 Å². The quantitative estimate of drug-likeness (QED) is 0.763. The minimum absolute atomic E-state index is 0.272. The molecule has 0 aromatic rings. The molecule has 1 amide bonds. The van der Waals surface area contributed by atoms with Crippen LogP contribution in [-0.4, -0.2) is 41.8 Å². The molecule has 2 aliphatic heterocycles. The Labute approximate surface area is 104 Å². The number of fused-ring (bicyclic) bond motifs is 2. The highest BCUT2D eigenvalue weighted by Crippen LogP contribution is 2.34. The average Bonchev–Trinajstić information content (AvgIpc) is 2.42. The molecule has 0 saturated carbocycles. The summed E-state index contributed by atoms with van der Waals surface area (Å²) < 4.78 is 5.29. The number of rotatable bonds is 1. The zero-order chi connectivity index (χ0) is 12.6. The van der Waals surface area contributed by atoms with Crippen LogP contribution in [0.25, 0.3) is 0 Å². The van der Waals surface area contributed by atoms with Gasteiger partial charge < -0.3 is 15.0 Å². The molecule has 3 atom stereocenters. The second-order valence-corrected chi connectivity index (χ2v) is 6.37. The van der Waals surface area contributed by atoms with E-state index in [0.29, 0.717) is 18.1 Å². The van der Waals surface area contributed by atoms with Gasteiger partial charge in [0.1, 0.15) is 5.60 Å². The fraction of sp³-hybridized carbons (Fsp3) is 0.923. The van der Waals surface area contributed by atoms with Crippen LogP contribution in [0.1, 0.15) is 46.5 Å². The minimum Gasteiger partial charge on any atom is -0.444 e. The van der Waals surface area contributed by atoms with Crippen molar-refractivity contribution < 1.29 is 9.53 Å². The van der Waals surface area contributed by atoms with Crippen molar-refractivity contribution in [3.05, 3.63) is 0 Å². The van der Waals surface area contributed by atoms with Crippen LogP contribution < -0.4 is 5.32 Å². The lowest BCUT2D eigenvalue weighted by atomic mass is 9.98. The molecule has 0 aromatic heterocycles. The maximum Gasteiger partial charge on any atom is 0.407 e. The zero-order valence-corrected chi connectivity index (χ0v) is 11.3. The maximum atomic E-state index is 11.7. The van der Waals surface area contributed by atoms with Crippen LogP contribution in [-0.2, 0) is 4.74 Å². The average molecular weight is 240 g/mol. The summed E-state index contributed by atoms with van der Waals surface area (Å²) in [6.45, 7) is 5.68. The molecule has 0 aliphatic carbocycles. The number of alkyl carbamates (subject to hydrolysis) is 1. The smallest absolute Gasteiger partial charge is 0.407 e. The fourth-order valence-corrected chi connectivity index (χ4v) is 3.00. The van der Waals surface area contributed by atoms with E-state index in [1.807, 2.05) is 20.8 Å². The number of hydrogen-bond acceptors (Lipinski definition) is 3. The summed E-state index contributed by atoms with van der Waals surface area (Å²) in [6, 6.07) is 1.58. The Hall–Kier alpha value is -0.770. The van der Waals surface area contributed by atoms with E-state index in [1.54, 1.807) is 0 Å². The second-order valence-electron chi connectivity index (χ2n) is 6.37. The van der Waals surface area contributed by atoms with E-state index in [4.69, 9.17) is 4.74 Å². The Kier molecular flexibility index (Phi) is 3.34. The van der Waals surface area contributed by atoms with Crippen molar-refractivity contribution in [2.45, 2.75) is 70.2 Å². The number of ether oxygens (including phenoxy) is 1. The van der Waals surface area contributed by atoms with Crippen molar-refractivity contribution in [1.82, 2.24) is 10.2 Å². The summed E-state index contributed by atoms with van der Waals surface area (Å²) in [4.78, 5) is 14.2. The standard InChI is InChI=1S/C13H24N2O2/c1-13(2,3)17-12(16)14-9-7-10-5-6-11(8-9)15(10)4/h9-11H,5-8H2,1-4H3,(H,14,16)/t9-,10+,11-. The highest BCUT2D eigenvalue weighted by atomic mass is 16.6. The number of carbonyl (C=O) groups excluding carboxylic acids is 1. The van der Waals surface area contributed by atoms with E-state index in [-0.39, 0.29) is 6.09 Å². The molecule has 2 aliphatic rings. The van der Waals surface area contributed by atoms with Gasteiger partial charge in [0.15, 0.2) is 0 Å². The number of nitrogens with one attached hydrogen (secondary N) is 1. The SMILES string of the molecule is CN1[C@@H]2CC[C@H]1C[C@@H](NC(=O)OC(C)(C)C)C2. The molecule has 4 heteroatoms. The summed E-state index contributed by atoms with van der Waals surface area (Å²) in [5.41, 5.74) is -0.408. The molecule has 17 heavy (non-hydrogen) atoms. The van der Waals surface area contributed by atoms with E-state index in [0.717, 1.165) is 12.8 Å². The van der Waals surface area contributed by atoms with Gasteiger partial charge in [0, 0.05) is 18.1 Å². The van der Waals surface area contributed by atoms with Crippen LogP contribution in [0.5, 0.6) is 0 Å². The Balaban J connectivity index is 1.83. The lowest BCUT2D eigenvalue weighted by Gasteiger charge is -2.36. The first-order valence-corrected chi connectivity index (χ1v) is 6.56. The summed E-state index contributed by atoms with van der Waals surface area (Å²) >= 11 is 0. The molecule has 2 bridgehead atoms. The first kappa shape index (κ1) is 12.7. The van der Waals surface area contributed by atoms with Crippen molar-refractivity contribution in [2.75, 3.05) is 7.05 Å². The van der Waals surface area contributed by atoms with Gasteiger partial charge in [-0.3, -0.25) is 0 Å². The van der Waals surface area contributed by atoms with Gasteiger partial charge in [-0.2, -0.15) is 0 Å². The Bertz CT molecular complexity index is 284. The molecule has 0 unspecified atom stereocenters. The molecule has 98 valence electrons. The Morgan fingerprint density at radius 1 is 1.24 bits per heavy atom. The molecule has 0 spiro atoms. The van der Waals surface area contributed by atoms with Gasteiger partial charge in [0.05, 0.1) is 0 Å². The van der Waals surface area contributed by atoms with Gasteiger partial charge in [-0.25, -0.2) is 4.79 Å². The van der Waals surface area contributed by atoms with Crippen molar-refractivity contribution in [3.8, 4) is 0 Å². The number of carbonyl (C=O) groups is 1. The molecule has 2 saturated heterocycles. The molecular formula is C13H24N2O2. The van der Waals surface area contributed by atoms with Gasteiger partial charge in [0.2, 0.25) is 0 Å². The molecule has 0 aromatic carbocycles. The van der Waals surface area contributed by atoms with Crippen LogP contribution >= 0.6 is 0 Å². The second kappa shape index (κ2) is 4.48. The molecule has 0 radical (unpaired) electrons. The summed E-state index contributed by atoms with van der Waals surface area (Å²) in [5, 5.41) is 3.01. The monoisotopic (exact) mass is 240 g/mol. The number of hydrogen-bond donors (Lipinski definition) is 1. The van der Waals surface area contributed by atoms with E-state index < -0.39 is 5.60 Å². The number of amides is 1. The lowest BCUT2D eigenvalue weighted by molar-refractivity contribution is 0.0459. The molecular weight excluding hydrogens is 216 g/mol. The van der Waals surface area contributed by atoms with Crippen molar-refractivity contribution in [2.24, 2.45) is 0 Å². The lowest BCUT2D eigenvalue weighted by Crippen LogP contribution is -2.49. The number of nitrogens with zero attached hydrogens (tertiary/aromatic N) is 1. The van der Waals surface area contributed by atoms with Crippen LogP contribution in [0.4, 0.5) is 4.79 Å². The third kappa shape index (κ3) is 3.12. The minimum atomic E-state index is -0.408. The predicted molar refractivity (Wildman–Crippen MR) is 67.0 cm³/mol. The third-order valence-corrected chi connectivity index (χ3v) is 3.82. The van der Waals surface area contributed by atoms with Crippen LogP contribution in [0.3, 0.4) is 0 Å². The highest BCUT2D eigenvalue weighted by Gasteiger charge is 2.39. The van der Waals surface area contributed by atoms with Gasteiger partial charge in [-0.05, 0) is 53.5 Å². The largest absolute Gasteiger partial charge is 0.444 e. The van der Waals surface area contributed by atoms with Crippen LogP contribution in [0.2, 0.25) is 0 Å². The van der Waals surface area contributed by atoms with Crippen molar-refractivity contribution >= 4 is 6.09 Å². The Morgan fingerprint density at radius 3 is 2.24 bits per heavy atom. The first-order valence-electron chi connectivity index (χ1n) is 6.56. The third-order valence-electron chi connectivity index (χ3n) is 3.82. The molecule has 2 fully saturated rings. The highest BCUT2D eigenvalue weighted by molar-refractivity contribution is 5.68. The topological polar surface area (TPSA) is 41.6 Å².